The van der Waals surface area contributed by atoms with Crippen molar-refractivity contribution in [2.75, 3.05) is 25.5 Å². The summed E-state index contributed by atoms with van der Waals surface area (Å²) in [6.07, 6.45) is 8.21. The number of hydrogen-bond acceptors (Lipinski definition) is 4. The first kappa shape index (κ1) is 22.2. The third-order valence-corrected chi connectivity index (χ3v) is 8.51. The second-order valence-corrected chi connectivity index (χ2v) is 10.3. The summed E-state index contributed by atoms with van der Waals surface area (Å²) in [4.78, 5) is 14.9. The fourth-order valence-electron chi connectivity index (χ4n) is 5.56. The molecule has 5 rings (SSSR count). The van der Waals surface area contributed by atoms with Gasteiger partial charge in [-0.15, -0.1) is 0 Å². The molecule has 0 saturated carbocycles. The van der Waals surface area contributed by atoms with Gasteiger partial charge in [0, 0.05) is 82.2 Å². The molecule has 2 heterocycles. The van der Waals surface area contributed by atoms with E-state index in [1.165, 1.54) is 26.6 Å². The summed E-state index contributed by atoms with van der Waals surface area (Å²) in [5.74, 6) is 0. The third kappa shape index (κ3) is 4.09. The molecule has 7 nitrogen and oxygen atoms in total. The van der Waals surface area contributed by atoms with Crippen molar-refractivity contribution >= 4 is 73.3 Å². The summed E-state index contributed by atoms with van der Waals surface area (Å²) in [5.41, 5.74) is 5.90. The van der Waals surface area contributed by atoms with E-state index >= 15 is 0 Å². The number of aryl methyl sites for hydroxylation is 2. The minimum absolute atomic E-state index is 0. The minimum atomic E-state index is -3.84. The Morgan fingerprint density at radius 2 is 1.55 bits per heavy atom. The van der Waals surface area contributed by atoms with Crippen LogP contribution in [0.2, 0.25) is 0 Å². The molecule has 2 aliphatic heterocycles. The zero-order valence-corrected chi connectivity index (χ0v) is 21.3. The molecule has 9 heteroatoms. The van der Waals surface area contributed by atoms with Crippen LogP contribution in [-0.2, 0) is 35.9 Å². The number of benzene rings is 1. The van der Waals surface area contributed by atoms with Crippen molar-refractivity contribution in [3.05, 3.63) is 28.3 Å². The Hall–Kier alpha value is -0.00364. The van der Waals surface area contributed by atoms with Gasteiger partial charge in [0.15, 0.2) is 0 Å². The van der Waals surface area contributed by atoms with Gasteiger partial charge in [-0.25, -0.2) is 9.52 Å². The van der Waals surface area contributed by atoms with Gasteiger partial charge in [-0.3, -0.25) is 4.90 Å². The molecule has 2 atom stereocenters. The van der Waals surface area contributed by atoms with E-state index in [1.807, 2.05) is 0 Å². The minimum Gasteiger partial charge on any atom is -0.307 e. The number of carbonyl (C=O) groups excluding carboxylic acids is 1. The number of anilines is 1. The third-order valence-electron chi connectivity index (χ3n) is 7.09. The van der Waals surface area contributed by atoms with E-state index in [4.69, 9.17) is 0 Å². The normalized spacial score (nSPS) is 26.0. The summed E-state index contributed by atoms with van der Waals surface area (Å²) in [5, 5.41) is 2.92. The average Bonchev–Trinajstić information content (AvgIpc) is 3.32. The number of fused-ring (bicyclic) bond motifs is 4. The van der Waals surface area contributed by atoms with E-state index in [0.717, 1.165) is 57.1 Å². The summed E-state index contributed by atoms with van der Waals surface area (Å²) in [6.45, 7) is 0.900. The van der Waals surface area contributed by atoms with Crippen LogP contribution in [0.25, 0.3) is 0 Å². The molecule has 1 aromatic rings. The van der Waals surface area contributed by atoms with Crippen LogP contribution in [0.15, 0.2) is 6.07 Å². The van der Waals surface area contributed by atoms with Crippen LogP contribution in [0.4, 0.5) is 10.5 Å². The number of nitrogens with one attached hydrogen (secondary N) is 2. The number of hydrogen-bond donors (Lipinski definition) is 2. The monoisotopic (exact) mass is 443 g/mol. The van der Waals surface area contributed by atoms with Crippen LogP contribution in [0, 0.1) is 0 Å². The Labute approximate surface area is 215 Å². The van der Waals surface area contributed by atoms with Gasteiger partial charge in [0.1, 0.15) is 0 Å². The van der Waals surface area contributed by atoms with Crippen LogP contribution in [0.1, 0.15) is 47.9 Å². The predicted molar refractivity (Wildman–Crippen MR) is 113 cm³/mol. The van der Waals surface area contributed by atoms with E-state index in [-0.39, 0.29) is 63.5 Å². The molecule has 153 valence electrons. The maximum Gasteiger partial charge on any atom is 0.333 e. The maximum absolute atomic E-state index is 12.8. The number of nitrogens with zero attached hydrogens (tertiary/aromatic N) is 2. The van der Waals surface area contributed by atoms with Crippen molar-refractivity contribution in [2.45, 2.75) is 63.5 Å². The van der Waals surface area contributed by atoms with Crippen LogP contribution in [0.3, 0.4) is 0 Å². The molecule has 1 aromatic carbocycles. The molecule has 0 aromatic heterocycles. The second-order valence-electron chi connectivity index (χ2n) is 8.66. The summed E-state index contributed by atoms with van der Waals surface area (Å²) >= 11 is 0. The summed E-state index contributed by atoms with van der Waals surface area (Å²) in [7, 11) is -1.78. The molecule has 29 heavy (non-hydrogen) atoms. The van der Waals surface area contributed by atoms with Crippen molar-refractivity contribution in [1.82, 2.24) is 13.9 Å². The molecule has 2 amide bonds. The largest absolute Gasteiger partial charge is 0.333 e. The molecule has 2 bridgehead atoms. The summed E-state index contributed by atoms with van der Waals surface area (Å²) in [6, 6.07) is 2.16. The number of rotatable bonds is 3. The van der Waals surface area contributed by atoms with Crippen molar-refractivity contribution in [1.29, 1.82) is 0 Å². The van der Waals surface area contributed by atoms with Gasteiger partial charge in [0.25, 0.3) is 0 Å². The molecular weight excluding hydrogens is 415 g/mol. The number of carbonyl (C=O) groups is 1. The van der Waals surface area contributed by atoms with Crippen molar-refractivity contribution < 1.29 is 13.2 Å². The van der Waals surface area contributed by atoms with Crippen LogP contribution < -0.4 is 10.0 Å². The van der Waals surface area contributed by atoms with Crippen LogP contribution >= 0.6 is 0 Å². The Morgan fingerprint density at radius 1 is 1.00 bits per heavy atom. The van der Waals surface area contributed by atoms with Crippen molar-refractivity contribution in [3.63, 3.8) is 0 Å². The predicted octanol–water partition coefficient (Wildman–Crippen LogP) is 1.43. The number of likely N-dealkylation sites (N-methyl/N-ethyl adjacent to an activating group) is 1. The van der Waals surface area contributed by atoms with Crippen molar-refractivity contribution in [3.8, 4) is 0 Å². The van der Waals surface area contributed by atoms with Crippen LogP contribution in [-0.4, -0.2) is 107 Å². The Bertz CT molecular complexity index is 890. The molecule has 2 aliphatic carbocycles. The first-order valence-electron chi connectivity index (χ1n) is 10.4. The standard InChI is InChI=1S/C20H28N4O3S.K/c1-23-15-8-9-16(23)12-24(11-15)28(26,27)22-20(25)21-19-17-6-2-4-13(17)10-14-5-3-7-18(14)19;/h10,15-16H,2-9,11-12H2,1H3,(H2,21,22,25);. The summed E-state index contributed by atoms with van der Waals surface area (Å²) < 4.78 is 29.3. The molecule has 4 aliphatic rings. The molecule has 0 spiro atoms. The van der Waals surface area contributed by atoms with Gasteiger partial charge < -0.3 is 5.32 Å². The van der Waals surface area contributed by atoms with E-state index < -0.39 is 16.2 Å². The van der Waals surface area contributed by atoms with Gasteiger partial charge in [0.2, 0.25) is 0 Å². The Balaban J connectivity index is 0.00000205. The SMILES string of the molecule is CN1C2CCC1CN(S(=O)(=O)NC(=O)Nc1c3c(cc4c1CCC4)CCC3)C2.[K]. The zero-order valence-electron chi connectivity index (χ0n) is 17.3. The number of piperazine rings is 1. The molecule has 2 unspecified atom stereocenters. The first-order valence-corrected chi connectivity index (χ1v) is 11.8. The zero-order chi connectivity index (χ0) is 19.5. The molecule has 2 saturated heterocycles. The van der Waals surface area contributed by atoms with E-state index in [0.29, 0.717) is 13.1 Å². The number of urea groups is 1. The maximum atomic E-state index is 12.8. The molecule has 1 radical (unpaired) electrons. The molecule has 2 N–H and O–H groups in total. The smallest absolute Gasteiger partial charge is 0.307 e. The second kappa shape index (κ2) is 8.50. The van der Waals surface area contributed by atoms with Crippen LogP contribution in [0.5, 0.6) is 0 Å². The fraction of sp³-hybridized carbons (Fsp3) is 0.650. The molecule has 2 fully saturated rings. The fourth-order valence-corrected chi connectivity index (χ4v) is 6.71. The van der Waals surface area contributed by atoms with Gasteiger partial charge in [-0.2, -0.15) is 12.7 Å². The van der Waals surface area contributed by atoms with Gasteiger partial charge in [-0.1, -0.05) is 6.07 Å². The first-order chi connectivity index (χ1) is 13.4. The van der Waals surface area contributed by atoms with Gasteiger partial charge in [0.05, 0.1) is 0 Å². The number of amides is 2. The quantitative estimate of drug-likeness (QED) is 0.693. The molecular formula is C20H28KN4O3S. The van der Waals surface area contributed by atoms with Gasteiger partial charge in [-0.05, 0) is 80.7 Å². The average molecular weight is 444 g/mol. The van der Waals surface area contributed by atoms with E-state index in [2.05, 4.69) is 28.1 Å². The van der Waals surface area contributed by atoms with E-state index in [1.54, 1.807) is 0 Å². The van der Waals surface area contributed by atoms with E-state index in [9.17, 15) is 13.2 Å². The van der Waals surface area contributed by atoms with Crippen molar-refractivity contribution in [2.24, 2.45) is 0 Å². The van der Waals surface area contributed by atoms with Gasteiger partial charge >= 0.3 is 16.2 Å². The Morgan fingerprint density at radius 3 is 2.10 bits per heavy atom. The topological polar surface area (TPSA) is 81.8 Å². The Kier molecular flexibility index (Phi) is 6.51.